The Bertz CT molecular complexity index is 1580. The molecule has 0 fully saturated rings. The molecule has 2 aromatic carbocycles. The molecule has 1 aromatic heterocycles. The molecule has 0 spiro atoms. The minimum absolute atomic E-state index is 0.326. The van der Waals surface area contributed by atoms with E-state index in [9.17, 15) is 22.8 Å². The molecule has 1 heterocycles. The van der Waals surface area contributed by atoms with Gasteiger partial charge in [-0.25, -0.2) is 13.2 Å². The standard InChI is InChI=1S/C26H29N3O6S/c1-26(2,3)21-14-17(29-11-10-22(30)27-25(29)32)13-20(23(21)35-4)16-6-8-18-15(12-16)7-9-19(18)24(31)28-36(5,33)34/h6,8,10-14,19H,7,9H2,1-5H3,(H,28,31)(H,27,30,32). The quantitative estimate of drug-likeness (QED) is 0.542. The van der Waals surface area contributed by atoms with E-state index in [2.05, 4.69) is 9.71 Å². The first kappa shape index (κ1) is 25.4. The molecule has 4 rings (SSSR count). The first-order valence-corrected chi connectivity index (χ1v) is 13.4. The maximum absolute atomic E-state index is 12.6. The van der Waals surface area contributed by atoms with Crippen molar-refractivity contribution in [3.8, 4) is 22.6 Å². The van der Waals surface area contributed by atoms with Crippen LogP contribution in [-0.2, 0) is 26.7 Å². The first-order valence-electron chi connectivity index (χ1n) is 11.5. The number of methoxy groups -OCH3 is 1. The average Bonchev–Trinajstić information content (AvgIpc) is 3.20. The fourth-order valence-corrected chi connectivity index (χ4v) is 5.18. The van der Waals surface area contributed by atoms with E-state index in [1.54, 1.807) is 7.11 Å². The Balaban J connectivity index is 1.87. The summed E-state index contributed by atoms with van der Waals surface area (Å²) in [6.07, 6.45) is 3.53. The zero-order chi connectivity index (χ0) is 26.4. The molecular weight excluding hydrogens is 482 g/mol. The van der Waals surface area contributed by atoms with Crippen LogP contribution < -0.4 is 20.7 Å². The van der Waals surface area contributed by atoms with Crippen LogP contribution in [0.5, 0.6) is 5.75 Å². The molecule has 1 amide bonds. The summed E-state index contributed by atoms with van der Waals surface area (Å²) >= 11 is 0. The minimum Gasteiger partial charge on any atom is -0.496 e. The Hall–Kier alpha value is -3.66. The molecule has 1 aliphatic rings. The summed E-state index contributed by atoms with van der Waals surface area (Å²) in [6, 6.07) is 10.7. The van der Waals surface area contributed by atoms with Crippen LogP contribution in [0.1, 0.15) is 49.8 Å². The van der Waals surface area contributed by atoms with Crippen molar-refractivity contribution in [3.05, 3.63) is 80.1 Å². The number of nitrogens with one attached hydrogen (secondary N) is 2. The van der Waals surface area contributed by atoms with E-state index in [-0.39, 0.29) is 5.41 Å². The molecular formula is C26H29N3O6S. The lowest BCUT2D eigenvalue weighted by Gasteiger charge is -2.26. The van der Waals surface area contributed by atoms with Gasteiger partial charge in [0.15, 0.2) is 0 Å². The second kappa shape index (κ2) is 9.09. The fourth-order valence-electron chi connectivity index (χ4n) is 4.68. The third kappa shape index (κ3) is 4.99. The highest BCUT2D eigenvalue weighted by molar-refractivity contribution is 7.89. The lowest BCUT2D eigenvalue weighted by Crippen LogP contribution is -2.33. The molecule has 0 saturated heterocycles. The molecule has 36 heavy (non-hydrogen) atoms. The van der Waals surface area contributed by atoms with Crippen molar-refractivity contribution in [3.63, 3.8) is 0 Å². The number of aryl methyl sites for hydroxylation is 1. The molecule has 0 radical (unpaired) electrons. The second-order valence-corrected chi connectivity index (χ2v) is 11.8. The molecule has 1 unspecified atom stereocenters. The van der Waals surface area contributed by atoms with Crippen LogP contribution >= 0.6 is 0 Å². The van der Waals surface area contributed by atoms with Crippen molar-refractivity contribution in [1.29, 1.82) is 0 Å². The van der Waals surface area contributed by atoms with Gasteiger partial charge >= 0.3 is 5.69 Å². The number of carbonyl (C=O) groups is 1. The minimum atomic E-state index is -3.65. The molecule has 9 nitrogen and oxygen atoms in total. The number of amides is 1. The molecule has 10 heteroatoms. The van der Waals surface area contributed by atoms with Gasteiger partial charge in [0, 0.05) is 23.4 Å². The lowest BCUT2D eigenvalue weighted by molar-refractivity contribution is -0.120. The Morgan fingerprint density at radius 1 is 1.14 bits per heavy atom. The van der Waals surface area contributed by atoms with Crippen molar-refractivity contribution in [2.75, 3.05) is 13.4 Å². The average molecular weight is 512 g/mol. The molecule has 3 aromatic rings. The number of nitrogens with zero attached hydrogens (tertiary/aromatic N) is 1. The normalized spacial score (nSPS) is 15.4. The number of benzene rings is 2. The van der Waals surface area contributed by atoms with Gasteiger partial charge in [0.1, 0.15) is 5.75 Å². The van der Waals surface area contributed by atoms with Gasteiger partial charge in [-0.3, -0.25) is 23.9 Å². The maximum atomic E-state index is 12.6. The van der Waals surface area contributed by atoms with Crippen LogP contribution in [0.15, 0.2) is 52.2 Å². The number of carbonyl (C=O) groups excluding carboxylic acids is 1. The molecule has 1 aliphatic carbocycles. The lowest BCUT2D eigenvalue weighted by atomic mass is 9.83. The number of H-pyrrole nitrogens is 1. The van der Waals surface area contributed by atoms with E-state index in [0.717, 1.165) is 34.1 Å². The second-order valence-electron chi connectivity index (χ2n) is 10.0. The highest BCUT2D eigenvalue weighted by Gasteiger charge is 2.31. The summed E-state index contributed by atoms with van der Waals surface area (Å²) in [4.78, 5) is 39.0. The molecule has 0 saturated carbocycles. The number of hydrogen-bond acceptors (Lipinski definition) is 6. The zero-order valence-corrected chi connectivity index (χ0v) is 21.7. The van der Waals surface area contributed by atoms with Gasteiger partial charge < -0.3 is 4.74 Å². The summed E-state index contributed by atoms with van der Waals surface area (Å²) in [5, 5.41) is 0. The number of aromatic nitrogens is 2. The van der Waals surface area contributed by atoms with Crippen molar-refractivity contribution in [2.45, 2.75) is 44.9 Å². The highest BCUT2D eigenvalue weighted by atomic mass is 32.2. The molecule has 0 bridgehead atoms. The van der Waals surface area contributed by atoms with Gasteiger partial charge in [0.2, 0.25) is 15.9 Å². The molecule has 190 valence electrons. The van der Waals surface area contributed by atoms with Gasteiger partial charge in [-0.2, -0.15) is 0 Å². The summed E-state index contributed by atoms with van der Waals surface area (Å²) in [7, 11) is -2.05. The van der Waals surface area contributed by atoms with Crippen molar-refractivity contribution in [2.24, 2.45) is 0 Å². The van der Waals surface area contributed by atoms with Gasteiger partial charge in [0.25, 0.3) is 5.56 Å². The topological polar surface area (TPSA) is 127 Å². The van der Waals surface area contributed by atoms with E-state index >= 15 is 0 Å². The third-order valence-corrected chi connectivity index (χ3v) is 6.89. The van der Waals surface area contributed by atoms with Crippen LogP contribution in [0.2, 0.25) is 0 Å². The number of hydrogen-bond donors (Lipinski definition) is 2. The van der Waals surface area contributed by atoms with Crippen molar-refractivity contribution < 1.29 is 17.9 Å². The predicted octanol–water partition coefficient (Wildman–Crippen LogP) is 2.60. The maximum Gasteiger partial charge on any atom is 0.332 e. The number of rotatable bonds is 5. The highest BCUT2D eigenvalue weighted by Crippen LogP contribution is 2.43. The van der Waals surface area contributed by atoms with Gasteiger partial charge in [0.05, 0.1) is 25.0 Å². The summed E-state index contributed by atoms with van der Waals surface area (Å²) in [5.41, 5.74) is 3.43. The molecule has 0 aliphatic heterocycles. The van der Waals surface area contributed by atoms with Crippen LogP contribution in [0.4, 0.5) is 0 Å². The monoisotopic (exact) mass is 511 g/mol. The smallest absolute Gasteiger partial charge is 0.332 e. The fraction of sp³-hybridized carbons (Fsp3) is 0.346. The van der Waals surface area contributed by atoms with E-state index < -0.39 is 33.1 Å². The van der Waals surface area contributed by atoms with E-state index in [0.29, 0.717) is 24.3 Å². The van der Waals surface area contributed by atoms with E-state index in [1.165, 1.54) is 16.8 Å². The summed E-state index contributed by atoms with van der Waals surface area (Å²) < 4.78 is 32.4. The summed E-state index contributed by atoms with van der Waals surface area (Å²) in [5.74, 6) is -0.411. The number of fused-ring (bicyclic) bond motifs is 1. The van der Waals surface area contributed by atoms with E-state index in [1.807, 2.05) is 51.1 Å². The third-order valence-electron chi connectivity index (χ3n) is 6.32. The zero-order valence-electron chi connectivity index (χ0n) is 20.8. The van der Waals surface area contributed by atoms with Crippen molar-refractivity contribution in [1.82, 2.24) is 14.3 Å². The van der Waals surface area contributed by atoms with Crippen molar-refractivity contribution >= 4 is 15.9 Å². The van der Waals surface area contributed by atoms with Crippen LogP contribution in [0.25, 0.3) is 16.8 Å². The van der Waals surface area contributed by atoms with Crippen LogP contribution in [0, 0.1) is 0 Å². The first-order chi connectivity index (χ1) is 16.8. The summed E-state index contributed by atoms with van der Waals surface area (Å²) in [6.45, 7) is 6.13. The number of sulfonamides is 1. The predicted molar refractivity (Wildman–Crippen MR) is 137 cm³/mol. The Morgan fingerprint density at radius 3 is 2.47 bits per heavy atom. The molecule has 2 N–H and O–H groups in total. The Morgan fingerprint density at radius 2 is 1.86 bits per heavy atom. The van der Waals surface area contributed by atoms with Gasteiger partial charge in [-0.15, -0.1) is 0 Å². The Kier molecular flexibility index (Phi) is 6.42. The van der Waals surface area contributed by atoms with Gasteiger partial charge in [-0.05, 0) is 47.1 Å². The van der Waals surface area contributed by atoms with Crippen LogP contribution in [0.3, 0.4) is 0 Å². The largest absolute Gasteiger partial charge is 0.496 e. The SMILES string of the molecule is COc1c(-c2ccc3c(c2)CCC3C(=O)NS(C)(=O)=O)cc(-n2ccc(=O)[nH]c2=O)cc1C(C)(C)C. The molecule has 1 atom stereocenters. The Labute approximate surface area is 209 Å². The van der Waals surface area contributed by atoms with Crippen LogP contribution in [-0.4, -0.2) is 37.2 Å². The number of ether oxygens (including phenoxy) is 1. The number of aromatic amines is 1. The van der Waals surface area contributed by atoms with Gasteiger partial charge in [-0.1, -0.05) is 39.0 Å². The van der Waals surface area contributed by atoms with E-state index in [4.69, 9.17) is 4.74 Å².